The van der Waals surface area contributed by atoms with Gasteiger partial charge in [0.05, 0.1) is 16.7 Å². The maximum absolute atomic E-state index is 2.41. The molecule has 1 aromatic heterocycles. The lowest BCUT2D eigenvalue weighted by Crippen LogP contribution is -2.10. The lowest BCUT2D eigenvalue weighted by atomic mass is 10.0. The van der Waals surface area contributed by atoms with Crippen LogP contribution in [0, 0.1) is 0 Å². The number of hydrogen-bond acceptors (Lipinski definition) is 1. The van der Waals surface area contributed by atoms with Crippen molar-refractivity contribution in [1.82, 2.24) is 4.57 Å². The van der Waals surface area contributed by atoms with E-state index >= 15 is 0 Å². The van der Waals surface area contributed by atoms with Gasteiger partial charge >= 0.3 is 0 Å². The second-order valence-corrected chi connectivity index (χ2v) is 9.11. The van der Waals surface area contributed by atoms with Crippen LogP contribution in [0.2, 0.25) is 0 Å². The van der Waals surface area contributed by atoms with Gasteiger partial charge in [-0.2, -0.15) is 0 Å². The molecule has 6 aromatic carbocycles. The summed E-state index contributed by atoms with van der Waals surface area (Å²) in [5.74, 6) is 0. The Morgan fingerprint density at radius 3 is 1.77 bits per heavy atom. The molecule has 0 aliphatic heterocycles. The Hall–Kier alpha value is -4.56. The van der Waals surface area contributed by atoms with Crippen molar-refractivity contribution in [3.63, 3.8) is 0 Å². The summed E-state index contributed by atoms with van der Waals surface area (Å²) in [6.07, 6.45) is 0. The zero-order valence-electron chi connectivity index (χ0n) is 19.5. The van der Waals surface area contributed by atoms with Gasteiger partial charge in [0.15, 0.2) is 0 Å². The first kappa shape index (κ1) is 19.9. The lowest BCUT2D eigenvalue weighted by molar-refractivity contribution is 1.18. The molecule has 0 unspecified atom stereocenters. The van der Waals surface area contributed by atoms with Crippen LogP contribution in [0.25, 0.3) is 49.0 Å². The van der Waals surface area contributed by atoms with E-state index < -0.39 is 0 Å². The molecule has 7 rings (SSSR count). The van der Waals surface area contributed by atoms with Crippen molar-refractivity contribution < 1.29 is 0 Å². The molecule has 0 atom stereocenters. The fourth-order valence-electron chi connectivity index (χ4n) is 5.46. The largest absolute Gasteiger partial charge is 0.344 e. The average molecular weight is 449 g/mol. The van der Waals surface area contributed by atoms with Gasteiger partial charge in [0.2, 0.25) is 0 Å². The lowest BCUT2D eigenvalue weighted by Gasteiger charge is -2.23. The smallest absolute Gasteiger partial charge is 0.0542 e. The summed E-state index contributed by atoms with van der Waals surface area (Å²) in [5, 5.41) is 7.56. The molecular weight excluding hydrogens is 424 g/mol. The molecule has 7 aromatic rings. The Morgan fingerprint density at radius 1 is 0.486 bits per heavy atom. The standard InChI is InChI=1S/C33H24N2/c1-34(25-19-18-23-10-2-3-11-24(23)22-25)30-20-21-33(27-13-5-4-12-26(27)30)35-31-16-8-6-14-28(31)29-15-7-9-17-32(29)35/h2-22H,1H3. The molecule has 0 amide bonds. The van der Waals surface area contributed by atoms with Crippen molar-refractivity contribution >= 4 is 54.7 Å². The van der Waals surface area contributed by atoms with E-state index in [1.54, 1.807) is 0 Å². The highest BCUT2D eigenvalue weighted by Crippen LogP contribution is 2.39. The summed E-state index contributed by atoms with van der Waals surface area (Å²) in [5.41, 5.74) is 6.04. The van der Waals surface area contributed by atoms with Crippen LogP contribution >= 0.6 is 0 Å². The van der Waals surface area contributed by atoms with Crippen molar-refractivity contribution in [1.29, 1.82) is 0 Å². The summed E-state index contributed by atoms with van der Waals surface area (Å²) in [6.45, 7) is 0. The summed E-state index contributed by atoms with van der Waals surface area (Å²) >= 11 is 0. The van der Waals surface area contributed by atoms with E-state index in [-0.39, 0.29) is 0 Å². The Bertz CT molecular complexity index is 1820. The first-order valence-electron chi connectivity index (χ1n) is 12.0. The van der Waals surface area contributed by atoms with Gasteiger partial charge in [-0.1, -0.05) is 91.0 Å². The second kappa shape index (κ2) is 7.75. The molecule has 0 spiro atoms. The van der Waals surface area contributed by atoms with Crippen molar-refractivity contribution in [3.8, 4) is 5.69 Å². The van der Waals surface area contributed by atoms with Crippen molar-refractivity contribution in [3.05, 3.63) is 127 Å². The second-order valence-electron chi connectivity index (χ2n) is 9.11. The molecule has 2 nitrogen and oxygen atoms in total. The van der Waals surface area contributed by atoms with Gasteiger partial charge in [0.25, 0.3) is 0 Å². The van der Waals surface area contributed by atoms with Crippen LogP contribution in [0.5, 0.6) is 0 Å². The van der Waals surface area contributed by atoms with Crippen molar-refractivity contribution in [2.45, 2.75) is 0 Å². The fourth-order valence-corrected chi connectivity index (χ4v) is 5.46. The van der Waals surface area contributed by atoms with Gasteiger partial charge in [0.1, 0.15) is 0 Å². The van der Waals surface area contributed by atoms with Gasteiger partial charge in [-0.15, -0.1) is 0 Å². The molecule has 0 fully saturated rings. The molecule has 35 heavy (non-hydrogen) atoms. The number of hydrogen-bond donors (Lipinski definition) is 0. The molecule has 0 aliphatic rings. The Labute approximate surface area is 204 Å². The van der Waals surface area contributed by atoms with Crippen molar-refractivity contribution in [2.75, 3.05) is 11.9 Å². The summed E-state index contributed by atoms with van der Waals surface area (Å²) in [7, 11) is 2.16. The summed E-state index contributed by atoms with van der Waals surface area (Å²) < 4.78 is 2.41. The zero-order chi connectivity index (χ0) is 23.4. The van der Waals surface area contributed by atoms with E-state index in [2.05, 4.69) is 144 Å². The first-order valence-corrected chi connectivity index (χ1v) is 12.0. The van der Waals surface area contributed by atoms with Crippen LogP contribution < -0.4 is 4.90 Å². The molecule has 0 N–H and O–H groups in total. The molecule has 166 valence electrons. The fraction of sp³-hybridized carbons (Fsp3) is 0.0303. The molecule has 0 saturated heterocycles. The van der Waals surface area contributed by atoms with E-state index in [0.29, 0.717) is 0 Å². The van der Waals surface area contributed by atoms with Crippen LogP contribution in [0.15, 0.2) is 127 Å². The van der Waals surface area contributed by atoms with Crippen molar-refractivity contribution in [2.24, 2.45) is 0 Å². The third-order valence-corrected chi connectivity index (χ3v) is 7.18. The van der Waals surface area contributed by atoms with Crippen LogP contribution in [0.3, 0.4) is 0 Å². The van der Waals surface area contributed by atoms with Crippen LogP contribution in [-0.4, -0.2) is 11.6 Å². The van der Waals surface area contributed by atoms with E-state index in [9.17, 15) is 0 Å². The highest BCUT2D eigenvalue weighted by atomic mass is 15.1. The van der Waals surface area contributed by atoms with Gasteiger partial charge in [-0.05, 0) is 47.2 Å². The summed E-state index contributed by atoms with van der Waals surface area (Å²) in [4.78, 5) is 2.30. The predicted octanol–water partition coefficient (Wildman–Crippen LogP) is 8.86. The Morgan fingerprint density at radius 2 is 1.06 bits per heavy atom. The quantitative estimate of drug-likeness (QED) is 0.262. The molecule has 1 heterocycles. The van der Waals surface area contributed by atoms with Gasteiger partial charge < -0.3 is 9.47 Å². The minimum absolute atomic E-state index is 1.18. The summed E-state index contributed by atoms with van der Waals surface area (Å²) in [6, 6.07) is 45.9. The number of fused-ring (bicyclic) bond motifs is 5. The average Bonchev–Trinajstić information content (AvgIpc) is 3.26. The SMILES string of the molecule is CN(c1ccc2ccccc2c1)c1ccc(-n2c3ccccc3c3ccccc32)c2ccccc12. The Balaban J connectivity index is 1.46. The molecule has 2 heteroatoms. The number of aromatic nitrogens is 1. The van der Waals surface area contributed by atoms with Crippen LogP contribution in [-0.2, 0) is 0 Å². The van der Waals surface area contributed by atoms with E-state index in [1.807, 2.05) is 0 Å². The maximum atomic E-state index is 2.41. The first-order chi connectivity index (χ1) is 17.3. The highest BCUT2D eigenvalue weighted by Gasteiger charge is 2.16. The van der Waals surface area contributed by atoms with E-state index in [4.69, 9.17) is 0 Å². The molecule has 0 saturated carbocycles. The minimum Gasteiger partial charge on any atom is -0.344 e. The predicted molar refractivity (Wildman–Crippen MR) is 150 cm³/mol. The van der Waals surface area contributed by atoms with Crippen LogP contribution in [0.1, 0.15) is 0 Å². The number of anilines is 2. The topological polar surface area (TPSA) is 8.17 Å². The van der Waals surface area contributed by atoms with Gasteiger partial charge in [0, 0.05) is 40.0 Å². The van der Waals surface area contributed by atoms with E-state index in [0.717, 1.165) is 0 Å². The zero-order valence-corrected chi connectivity index (χ0v) is 19.5. The van der Waals surface area contributed by atoms with Gasteiger partial charge in [-0.25, -0.2) is 0 Å². The number of benzene rings is 6. The van der Waals surface area contributed by atoms with Gasteiger partial charge in [-0.3, -0.25) is 0 Å². The minimum atomic E-state index is 1.18. The number of nitrogens with zero attached hydrogens (tertiary/aromatic N) is 2. The molecule has 0 aliphatic carbocycles. The van der Waals surface area contributed by atoms with E-state index in [1.165, 1.54) is 60.4 Å². The van der Waals surface area contributed by atoms with Crippen LogP contribution in [0.4, 0.5) is 11.4 Å². The Kier molecular flexibility index (Phi) is 4.40. The maximum Gasteiger partial charge on any atom is 0.0542 e. The third kappa shape index (κ3) is 3.04. The number of para-hydroxylation sites is 2. The number of rotatable bonds is 3. The molecule has 0 bridgehead atoms. The molecular formula is C33H24N2. The monoisotopic (exact) mass is 448 g/mol. The third-order valence-electron chi connectivity index (χ3n) is 7.18. The molecule has 0 radical (unpaired) electrons. The normalized spacial score (nSPS) is 11.6. The highest BCUT2D eigenvalue weighted by molar-refractivity contribution is 6.11.